The van der Waals surface area contributed by atoms with Crippen LogP contribution in [0.15, 0.2) is 36.5 Å². The molecule has 10 heteroatoms. The number of piperidine rings is 1. The first-order valence-electron chi connectivity index (χ1n) is 12.6. The van der Waals surface area contributed by atoms with Gasteiger partial charge in [0.25, 0.3) is 17.6 Å². The van der Waals surface area contributed by atoms with Crippen LogP contribution in [-0.2, 0) is 11.2 Å². The first-order chi connectivity index (χ1) is 17.9. The lowest BCUT2D eigenvalue weighted by Gasteiger charge is -2.32. The lowest BCUT2D eigenvalue weighted by Crippen LogP contribution is -2.39. The zero-order valence-corrected chi connectivity index (χ0v) is 20.8. The average molecular weight is 508 g/mol. The summed E-state index contributed by atoms with van der Waals surface area (Å²) < 4.78 is 19.8. The smallest absolute Gasteiger partial charge is 0.295 e. The van der Waals surface area contributed by atoms with Crippen LogP contribution in [-0.4, -0.2) is 70.3 Å². The van der Waals surface area contributed by atoms with Crippen molar-refractivity contribution < 1.29 is 23.5 Å². The van der Waals surface area contributed by atoms with E-state index in [0.29, 0.717) is 37.5 Å². The number of amides is 2. The molecule has 0 radical (unpaired) electrons. The Labute approximate surface area is 213 Å². The lowest BCUT2D eigenvalue weighted by atomic mass is 9.90. The number of nitrogens with two attached hydrogens (primary N) is 1. The summed E-state index contributed by atoms with van der Waals surface area (Å²) in [6.07, 6.45) is 5.58. The maximum absolute atomic E-state index is 13.5. The van der Waals surface area contributed by atoms with Gasteiger partial charge < -0.3 is 20.4 Å². The van der Waals surface area contributed by atoms with Gasteiger partial charge in [0.15, 0.2) is 5.65 Å². The molecule has 0 atom stereocenters. The lowest BCUT2D eigenvalue weighted by molar-refractivity contribution is -0.125. The van der Waals surface area contributed by atoms with Crippen molar-refractivity contribution in [3.8, 4) is 5.88 Å². The van der Waals surface area contributed by atoms with E-state index in [4.69, 9.17) is 10.6 Å². The Morgan fingerprint density at radius 1 is 1.03 bits per heavy atom. The van der Waals surface area contributed by atoms with Crippen LogP contribution in [0.4, 0.5) is 4.39 Å². The van der Waals surface area contributed by atoms with E-state index in [0.717, 1.165) is 37.7 Å². The zero-order valence-electron chi connectivity index (χ0n) is 20.8. The summed E-state index contributed by atoms with van der Waals surface area (Å²) in [5, 5.41) is 0.343. The van der Waals surface area contributed by atoms with Gasteiger partial charge in [-0.25, -0.2) is 4.39 Å². The molecule has 37 heavy (non-hydrogen) atoms. The molecule has 3 aromatic rings. The number of nitrogen functional groups attached to an aromatic ring is 1. The summed E-state index contributed by atoms with van der Waals surface area (Å²) in [6.45, 7) is 2.23. The Morgan fingerprint density at radius 2 is 1.70 bits per heavy atom. The molecule has 2 N–H and O–H groups in total. The Kier molecular flexibility index (Phi) is 6.82. The second-order valence-corrected chi connectivity index (χ2v) is 9.76. The van der Waals surface area contributed by atoms with Gasteiger partial charge in [0.1, 0.15) is 11.4 Å². The predicted molar refractivity (Wildman–Crippen MR) is 135 cm³/mol. The standard InChI is InChI=1S/C27H30FN5O4/c1-37-25-21(26(35)32-12-8-18(9-13-32)14-17-4-6-19(28)7-5-17)15-20-22(16-33(29)24(20)30-25)23(34)27(36)31-10-2-3-11-31/h4-7,15-16,18H,2-3,8-14,29H2,1H3. The molecule has 2 fully saturated rings. The fourth-order valence-electron chi connectivity index (χ4n) is 5.29. The van der Waals surface area contributed by atoms with E-state index in [9.17, 15) is 18.8 Å². The number of Topliss-reactive ketones (excluding diaryl/α,β-unsaturated/α-hetero) is 1. The summed E-state index contributed by atoms with van der Waals surface area (Å²) >= 11 is 0. The van der Waals surface area contributed by atoms with E-state index < -0.39 is 11.7 Å². The number of nitrogens with zero attached hydrogens (tertiary/aromatic N) is 4. The highest BCUT2D eigenvalue weighted by Crippen LogP contribution is 2.29. The van der Waals surface area contributed by atoms with Crippen molar-refractivity contribution in [1.82, 2.24) is 19.5 Å². The van der Waals surface area contributed by atoms with Crippen LogP contribution in [0.2, 0.25) is 0 Å². The van der Waals surface area contributed by atoms with Gasteiger partial charge in [-0.3, -0.25) is 19.1 Å². The number of methoxy groups -OCH3 is 1. The van der Waals surface area contributed by atoms with Gasteiger partial charge in [-0.15, -0.1) is 0 Å². The molecule has 5 rings (SSSR count). The number of carbonyl (C=O) groups excluding carboxylic acids is 3. The van der Waals surface area contributed by atoms with E-state index >= 15 is 0 Å². The van der Waals surface area contributed by atoms with Crippen LogP contribution < -0.4 is 10.6 Å². The van der Waals surface area contributed by atoms with Crippen molar-refractivity contribution in [2.75, 3.05) is 39.1 Å². The number of rotatable bonds is 6. The van der Waals surface area contributed by atoms with E-state index in [-0.39, 0.29) is 34.4 Å². The van der Waals surface area contributed by atoms with E-state index in [2.05, 4.69) is 4.98 Å². The molecule has 0 bridgehead atoms. The van der Waals surface area contributed by atoms with Crippen LogP contribution in [0, 0.1) is 11.7 Å². The molecule has 2 aromatic heterocycles. The highest BCUT2D eigenvalue weighted by molar-refractivity contribution is 6.45. The van der Waals surface area contributed by atoms with Crippen LogP contribution >= 0.6 is 0 Å². The first-order valence-corrected chi connectivity index (χ1v) is 12.6. The molecule has 4 heterocycles. The molecular weight excluding hydrogens is 477 g/mol. The van der Waals surface area contributed by atoms with Gasteiger partial charge in [-0.2, -0.15) is 4.98 Å². The number of carbonyl (C=O) groups is 3. The summed E-state index contributed by atoms with van der Waals surface area (Å²) in [5.41, 5.74) is 1.68. The van der Waals surface area contributed by atoms with Crippen molar-refractivity contribution in [2.24, 2.45) is 5.92 Å². The van der Waals surface area contributed by atoms with Gasteiger partial charge in [0.05, 0.1) is 12.7 Å². The van der Waals surface area contributed by atoms with Crippen molar-refractivity contribution in [3.63, 3.8) is 0 Å². The van der Waals surface area contributed by atoms with Gasteiger partial charge >= 0.3 is 0 Å². The molecule has 1 aromatic carbocycles. The molecule has 2 aliphatic heterocycles. The molecule has 0 spiro atoms. The van der Waals surface area contributed by atoms with E-state index in [1.54, 1.807) is 28.0 Å². The monoisotopic (exact) mass is 507 g/mol. The molecule has 194 valence electrons. The number of pyridine rings is 1. The van der Waals surface area contributed by atoms with E-state index in [1.165, 1.54) is 30.1 Å². The fraction of sp³-hybridized carbons (Fsp3) is 0.407. The minimum atomic E-state index is -0.664. The fourth-order valence-corrected chi connectivity index (χ4v) is 5.29. The number of benzene rings is 1. The minimum absolute atomic E-state index is 0.112. The Balaban J connectivity index is 1.36. The number of hydrogen-bond donors (Lipinski definition) is 1. The summed E-state index contributed by atoms with van der Waals surface area (Å²) in [5.74, 6) is 4.82. The molecule has 0 saturated carbocycles. The second kappa shape index (κ2) is 10.2. The molecule has 2 aliphatic rings. The number of ketones is 1. The molecule has 2 amide bonds. The van der Waals surface area contributed by atoms with Crippen LogP contribution in [0.3, 0.4) is 0 Å². The number of likely N-dealkylation sites (tertiary alicyclic amines) is 2. The minimum Gasteiger partial charge on any atom is -0.480 e. The number of hydrogen-bond acceptors (Lipinski definition) is 6. The largest absolute Gasteiger partial charge is 0.480 e. The molecule has 0 aliphatic carbocycles. The Hall–Kier alpha value is -3.95. The topological polar surface area (TPSA) is 111 Å². The number of aromatic nitrogens is 2. The Bertz CT molecular complexity index is 1340. The summed E-state index contributed by atoms with van der Waals surface area (Å²) in [7, 11) is 1.42. The SMILES string of the molecule is COc1nc2c(cc1C(=O)N1CCC(Cc3ccc(F)cc3)CC1)c(C(=O)C(=O)N1CCCC1)cn2N. The predicted octanol–water partition coefficient (Wildman–Crippen LogP) is 2.80. The van der Waals surface area contributed by atoms with Crippen LogP contribution in [0.1, 0.15) is 52.0 Å². The third kappa shape index (κ3) is 4.87. The third-order valence-electron chi connectivity index (χ3n) is 7.37. The van der Waals surface area contributed by atoms with Gasteiger partial charge in [-0.1, -0.05) is 12.1 Å². The van der Waals surface area contributed by atoms with Gasteiger partial charge in [0.2, 0.25) is 5.88 Å². The van der Waals surface area contributed by atoms with Gasteiger partial charge in [-0.05, 0) is 61.8 Å². The zero-order chi connectivity index (χ0) is 26.1. The van der Waals surface area contributed by atoms with Crippen LogP contribution in [0.25, 0.3) is 11.0 Å². The van der Waals surface area contributed by atoms with Gasteiger partial charge in [0, 0.05) is 37.8 Å². The van der Waals surface area contributed by atoms with Crippen molar-refractivity contribution in [1.29, 1.82) is 0 Å². The second-order valence-electron chi connectivity index (χ2n) is 9.76. The summed E-state index contributed by atoms with van der Waals surface area (Å²) in [4.78, 5) is 47.0. The third-order valence-corrected chi connectivity index (χ3v) is 7.37. The quantitative estimate of drug-likeness (QED) is 0.312. The average Bonchev–Trinajstić information content (AvgIpc) is 3.57. The van der Waals surface area contributed by atoms with Crippen molar-refractivity contribution in [2.45, 2.75) is 32.1 Å². The molecular formula is C27H30FN5O4. The van der Waals surface area contributed by atoms with Crippen molar-refractivity contribution >= 4 is 28.6 Å². The van der Waals surface area contributed by atoms with Crippen molar-refractivity contribution in [3.05, 3.63) is 59.0 Å². The maximum atomic E-state index is 13.5. The Morgan fingerprint density at radius 3 is 2.35 bits per heavy atom. The summed E-state index contributed by atoms with van der Waals surface area (Å²) in [6, 6.07) is 8.10. The first kappa shape index (κ1) is 24.7. The number of ether oxygens (including phenoxy) is 1. The molecule has 0 unspecified atom stereocenters. The highest BCUT2D eigenvalue weighted by Gasteiger charge is 2.31. The highest BCUT2D eigenvalue weighted by atomic mass is 19.1. The normalized spacial score (nSPS) is 16.4. The number of halogens is 1. The van der Waals surface area contributed by atoms with E-state index in [1.807, 2.05) is 0 Å². The molecule has 9 nitrogen and oxygen atoms in total. The number of fused-ring (bicyclic) bond motifs is 1. The maximum Gasteiger partial charge on any atom is 0.295 e. The molecule has 2 saturated heterocycles. The van der Waals surface area contributed by atoms with Crippen LogP contribution in [0.5, 0.6) is 5.88 Å².